The van der Waals surface area contributed by atoms with Crippen LogP contribution in [0.5, 0.6) is 0 Å². The Kier molecular flexibility index (Phi) is 5.24. The number of amides is 1. The predicted octanol–water partition coefficient (Wildman–Crippen LogP) is 4.81. The van der Waals surface area contributed by atoms with Gasteiger partial charge in [0.1, 0.15) is 0 Å². The van der Waals surface area contributed by atoms with Crippen LogP contribution in [0, 0.1) is 0 Å². The molecule has 32 heavy (non-hydrogen) atoms. The number of hydrogen-bond donors (Lipinski definition) is 1. The number of hydrogen-bond acceptors (Lipinski definition) is 5. The highest BCUT2D eigenvalue weighted by molar-refractivity contribution is 7.92. The van der Waals surface area contributed by atoms with Gasteiger partial charge in [-0.25, -0.2) is 13.4 Å². The zero-order valence-corrected chi connectivity index (χ0v) is 18.6. The molecule has 160 valence electrons. The molecule has 8 heteroatoms. The summed E-state index contributed by atoms with van der Waals surface area (Å²) in [5, 5.41) is 5.15. The van der Waals surface area contributed by atoms with Crippen molar-refractivity contribution in [2.24, 2.45) is 0 Å². The van der Waals surface area contributed by atoms with Crippen LogP contribution in [0.4, 0.5) is 10.8 Å². The fourth-order valence-corrected chi connectivity index (χ4v) is 5.92. The van der Waals surface area contributed by atoms with Crippen molar-refractivity contribution < 1.29 is 13.2 Å². The number of aromatic nitrogens is 1. The van der Waals surface area contributed by atoms with Crippen LogP contribution in [0.2, 0.25) is 0 Å². The molecule has 0 atom stereocenters. The van der Waals surface area contributed by atoms with E-state index in [-0.39, 0.29) is 10.8 Å². The molecule has 0 saturated heterocycles. The Hall–Kier alpha value is -3.49. The van der Waals surface area contributed by atoms with Crippen LogP contribution in [-0.4, -0.2) is 25.9 Å². The molecule has 3 aromatic carbocycles. The van der Waals surface area contributed by atoms with Crippen molar-refractivity contribution in [3.63, 3.8) is 0 Å². The van der Waals surface area contributed by atoms with Crippen molar-refractivity contribution in [1.82, 2.24) is 4.98 Å². The van der Waals surface area contributed by atoms with E-state index in [2.05, 4.69) is 10.3 Å². The van der Waals surface area contributed by atoms with Gasteiger partial charge in [0.05, 0.1) is 16.3 Å². The highest BCUT2D eigenvalue weighted by Crippen LogP contribution is 2.32. The van der Waals surface area contributed by atoms with Gasteiger partial charge in [-0.3, -0.25) is 14.4 Å². The van der Waals surface area contributed by atoms with E-state index in [1.807, 2.05) is 60.0 Å². The number of fused-ring (bicyclic) bond motifs is 1. The van der Waals surface area contributed by atoms with Gasteiger partial charge in [-0.15, -0.1) is 11.3 Å². The summed E-state index contributed by atoms with van der Waals surface area (Å²) in [6.07, 6.45) is 0.689. The van der Waals surface area contributed by atoms with E-state index >= 15 is 0 Å². The fourth-order valence-electron chi connectivity index (χ4n) is 3.71. The van der Waals surface area contributed by atoms with Gasteiger partial charge >= 0.3 is 0 Å². The minimum atomic E-state index is -3.69. The zero-order chi connectivity index (χ0) is 22.1. The van der Waals surface area contributed by atoms with Gasteiger partial charge in [-0.1, -0.05) is 48.5 Å². The van der Waals surface area contributed by atoms with Crippen molar-refractivity contribution in [1.29, 1.82) is 0 Å². The zero-order valence-electron chi connectivity index (χ0n) is 16.9. The molecule has 1 aliphatic rings. The maximum Gasteiger partial charge on any atom is 0.264 e. The quantitative estimate of drug-likeness (QED) is 0.462. The van der Waals surface area contributed by atoms with Crippen molar-refractivity contribution >= 4 is 38.1 Å². The molecular weight excluding hydrogens is 442 g/mol. The van der Waals surface area contributed by atoms with E-state index in [4.69, 9.17) is 0 Å². The summed E-state index contributed by atoms with van der Waals surface area (Å²) < 4.78 is 27.7. The largest absolute Gasteiger partial charge is 0.298 e. The summed E-state index contributed by atoms with van der Waals surface area (Å²) in [7, 11) is -3.69. The maximum absolute atomic E-state index is 13.1. The molecule has 0 aliphatic carbocycles. The lowest BCUT2D eigenvalue weighted by molar-refractivity contribution is 0.102. The number of carbonyl (C=O) groups excluding carboxylic acids is 1. The monoisotopic (exact) mass is 461 g/mol. The van der Waals surface area contributed by atoms with Crippen molar-refractivity contribution in [2.45, 2.75) is 11.3 Å². The Morgan fingerprint density at radius 1 is 0.938 bits per heavy atom. The molecule has 4 aromatic rings. The molecule has 0 spiro atoms. The van der Waals surface area contributed by atoms with Crippen LogP contribution >= 0.6 is 11.3 Å². The molecule has 6 nitrogen and oxygen atoms in total. The molecule has 0 fully saturated rings. The number of sulfonamides is 1. The van der Waals surface area contributed by atoms with Crippen molar-refractivity contribution in [2.75, 3.05) is 16.2 Å². The van der Waals surface area contributed by atoms with Crippen LogP contribution in [0.15, 0.2) is 89.1 Å². The van der Waals surface area contributed by atoms with Crippen LogP contribution in [0.1, 0.15) is 15.9 Å². The topological polar surface area (TPSA) is 79.4 Å². The summed E-state index contributed by atoms with van der Waals surface area (Å²) in [5.74, 6) is -0.338. The van der Waals surface area contributed by atoms with Crippen LogP contribution in [-0.2, 0) is 16.4 Å². The van der Waals surface area contributed by atoms with Gasteiger partial charge in [-0.2, -0.15) is 0 Å². The summed E-state index contributed by atoms with van der Waals surface area (Å²) in [6, 6.07) is 23.2. The average Bonchev–Trinajstić information content (AvgIpc) is 3.47. The van der Waals surface area contributed by atoms with E-state index in [0.29, 0.717) is 29.3 Å². The van der Waals surface area contributed by atoms with Crippen LogP contribution < -0.4 is 9.62 Å². The molecule has 5 rings (SSSR count). The lowest BCUT2D eigenvalue weighted by Gasteiger charge is -2.19. The molecule has 0 radical (unpaired) electrons. The first-order valence-corrected chi connectivity index (χ1v) is 12.4. The Balaban J connectivity index is 1.32. The van der Waals surface area contributed by atoms with Gasteiger partial charge in [0, 0.05) is 23.1 Å². The Morgan fingerprint density at radius 3 is 2.44 bits per heavy atom. The summed E-state index contributed by atoms with van der Waals surface area (Å²) in [5.41, 5.74) is 3.86. The molecule has 1 amide bonds. The van der Waals surface area contributed by atoms with Gasteiger partial charge in [0.25, 0.3) is 15.9 Å². The van der Waals surface area contributed by atoms with Crippen LogP contribution in [0.25, 0.3) is 11.3 Å². The number of para-hydroxylation sites is 1. The fraction of sp³-hybridized carbons (Fsp3) is 0.0833. The van der Waals surface area contributed by atoms with E-state index in [1.54, 1.807) is 0 Å². The maximum atomic E-state index is 13.1. The summed E-state index contributed by atoms with van der Waals surface area (Å²) in [6.45, 7) is 0.414. The highest BCUT2D eigenvalue weighted by atomic mass is 32.2. The third-order valence-electron chi connectivity index (χ3n) is 5.34. The van der Waals surface area contributed by atoms with E-state index in [1.165, 1.54) is 39.9 Å². The second kappa shape index (κ2) is 8.22. The Morgan fingerprint density at radius 2 is 1.66 bits per heavy atom. The third kappa shape index (κ3) is 3.79. The van der Waals surface area contributed by atoms with E-state index in [0.717, 1.165) is 16.8 Å². The Labute approximate surface area is 190 Å². The smallest absolute Gasteiger partial charge is 0.264 e. The second-order valence-electron chi connectivity index (χ2n) is 7.34. The molecular formula is C24H19N3O3S2. The number of anilines is 2. The van der Waals surface area contributed by atoms with Gasteiger partial charge < -0.3 is 0 Å². The first-order valence-electron chi connectivity index (χ1n) is 10.1. The molecule has 1 aliphatic heterocycles. The number of benzene rings is 3. The SMILES string of the molecule is O=C(Nc1nc(-c2ccccc2)cs1)c1ccc(S(=O)(=O)N2CCc3ccccc32)cc1. The first-order chi connectivity index (χ1) is 15.5. The molecule has 1 aromatic heterocycles. The normalized spacial score (nSPS) is 13.1. The summed E-state index contributed by atoms with van der Waals surface area (Å²) >= 11 is 1.34. The Bertz CT molecular complexity index is 1380. The number of nitrogens with one attached hydrogen (secondary N) is 1. The lowest BCUT2D eigenvalue weighted by atomic mass is 10.2. The number of nitrogens with zero attached hydrogens (tertiary/aromatic N) is 2. The first kappa shape index (κ1) is 20.4. The number of carbonyl (C=O) groups is 1. The number of rotatable bonds is 5. The standard InChI is InChI=1S/C24H19N3O3S2/c28-23(26-24-25-21(16-31-24)17-6-2-1-3-7-17)19-10-12-20(13-11-19)32(29,30)27-15-14-18-8-4-5-9-22(18)27/h1-13,16H,14-15H2,(H,25,26,28). The van der Waals surface area contributed by atoms with Crippen LogP contribution in [0.3, 0.4) is 0 Å². The minimum absolute atomic E-state index is 0.159. The van der Waals surface area contributed by atoms with Crippen molar-refractivity contribution in [3.8, 4) is 11.3 Å². The average molecular weight is 462 g/mol. The molecule has 2 heterocycles. The molecule has 0 saturated carbocycles. The van der Waals surface area contributed by atoms with Gasteiger partial charge in [0.15, 0.2) is 5.13 Å². The molecule has 0 bridgehead atoms. The third-order valence-corrected chi connectivity index (χ3v) is 7.93. The van der Waals surface area contributed by atoms with E-state index in [9.17, 15) is 13.2 Å². The van der Waals surface area contributed by atoms with Gasteiger partial charge in [-0.05, 0) is 42.3 Å². The van der Waals surface area contributed by atoms with E-state index < -0.39 is 10.0 Å². The highest BCUT2D eigenvalue weighted by Gasteiger charge is 2.30. The lowest BCUT2D eigenvalue weighted by Crippen LogP contribution is -2.29. The van der Waals surface area contributed by atoms with Gasteiger partial charge in [0.2, 0.25) is 0 Å². The number of thiazole rings is 1. The molecule has 1 N–H and O–H groups in total. The van der Waals surface area contributed by atoms with Crippen molar-refractivity contribution in [3.05, 3.63) is 95.4 Å². The minimum Gasteiger partial charge on any atom is -0.298 e. The molecule has 0 unspecified atom stereocenters. The summed E-state index contributed by atoms with van der Waals surface area (Å²) in [4.78, 5) is 17.3. The second-order valence-corrected chi connectivity index (χ2v) is 10.1. The predicted molar refractivity (Wildman–Crippen MR) is 127 cm³/mol.